The molecular formula is C12H23N3O2. The Balaban J connectivity index is 1.75. The van der Waals surface area contributed by atoms with Gasteiger partial charge in [0.15, 0.2) is 0 Å². The second-order valence-corrected chi connectivity index (χ2v) is 5.46. The second-order valence-electron chi connectivity index (χ2n) is 5.46. The van der Waals surface area contributed by atoms with Crippen LogP contribution in [0.3, 0.4) is 0 Å². The molecule has 1 amide bonds. The largest absolute Gasteiger partial charge is 0.379 e. The first-order chi connectivity index (χ1) is 8.16. The molecule has 2 aliphatic rings. The Bertz CT molecular complexity index is 273. The molecule has 0 saturated carbocycles. The molecule has 0 aromatic carbocycles. The molecule has 17 heavy (non-hydrogen) atoms. The highest BCUT2D eigenvalue weighted by Gasteiger charge is 2.44. The van der Waals surface area contributed by atoms with E-state index in [1.807, 2.05) is 0 Å². The minimum Gasteiger partial charge on any atom is -0.379 e. The van der Waals surface area contributed by atoms with Gasteiger partial charge in [0.1, 0.15) is 5.41 Å². The Labute approximate surface area is 103 Å². The number of hydrogen-bond donors (Lipinski definition) is 2. The maximum absolute atomic E-state index is 12.0. The molecule has 1 unspecified atom stereocenters. The molecule has 98 valence electrons. The maximum Gasteiger partial charge on any atom is 0.232 e. The van der Waals surface area contributed by atoms with Crippen LogP contribution >= 0.6 is 0 Å². The summed E-state index contributed by atoms with van der Waals surface area (Å²) in [5.74, 6) is 0.646. The van der Waals surface area contributed by atoms with Crippen molar-refractivity contribution in [3.05, 3.63) is 0 Å². The fourth-order valence-corrected chi connectivity index (χ4v) is 2.55. The van der Waals surface area contributed by atoms with Crippen LogP contribution in [0.2, 0.25) is 0 Å². The molecule has 2 fully saturated rings. The summed E-state index contributed by atoms with van der Waals surface area (Å²) in [5, 5.41) is 3.04. The number of carbonyl (C=O) groups is 1. The lowest BCUT2D eigenvalue weighted by Gasteiger charge is -2.39. The van der Waals surface area contributed by atoms with Crippen molar-refractivity contribution in [3.63, 3.8) is 0 Å². The van der Waals surface area contributed by atoms with E-state index in [1.54, 1.807) is 0 Å². The third kappa shape index (κ3) is 2.78. The summed E-state index contributed by atoms with van der Waals surface area (Å²) < 4.78 is 5.11. The summed E-state index contributed by atoms with van der Waals surface area (Å²) >= 11 is 0. The van der Waals surface area contributed by atoms with Gasteiger partial charge in [-0.25, -0.2) is 0 Å². The first-order valence-corrected chi connectivity index (χ1v) is 6.41. The third-order valence-electron chi connectivity index (χ3n) is 3.90. The minimum atomic E-state index is -0.444. The van der Waals surface area contributed by atoms with Crippen LogP contribution in [0.25, 0.3) is 0 Å². The summed E-state index contributed by atoms with van der Waals surface area (Å²) in [4.78, 5) is 14.3. The van der Waals surface area contributed by atoms with Gasteiger partial charge in [0, 0.05) is 19.6 Å². The van der Waals surface area contributed by atoms with E-state index in [4.69, 9.17) is 10.5 Å². The average molecular weight is 241 g/mol. The number of likely N-dealkylation sites (tertiary alicyclic amines) is 1. The number of carbonyl (C=O) groups excluding carboxylic acids is 1. The Morgan fingerprint density at radius 2 is 2.35 bits per heavy atom. The molecule has 2 aliphatic heterocycles. The fourth-order valence-electron chi connectivity index (χ4n) is 2.55. The monoisotopic (exact) mass is 241 g/mol. The van der Waals surface area contributed by atoms with E-state index in [0.29, 0.717) is 25.7 Å². The molecule has 5 heteroatoms. The second kappa shape index (κ2) is 5.33. The van der Waals surface area contributed by atoms with Gasteiger partial charge in [-0.2, -0.15) is 0 Å². The number of nitrogens with one attached hydrogen (secondary N) is 1. The third-order valence-corrected chi connectivity index (χ3v) is 3.90. The summed E-state index contributed by atoms with van der Waals surface area (Å²) in [6.07, 6.45) is 2.43. The Morgan fingerprint density at radius 1 is 1.59 bits per heavy atom. The van der Waals surface area contributed by atoms with Crippen molar-refractivity contribution < 1.29 is 9.53 Å². The number of amides is 1. The highest BCUT2D eigenvalue weighted by atomic mass is 16.5. The number of rotatable bonds is 4. The highest BCUT2D eigenvalue weighted by molar-refractivity contribution is 5.84. The molecule has 0 aliphatic carbocycles. The van der Waals surface area contributed by atoms with Crippen LogP contribution in [0.1, 0.15) is 12.8 Å². The van der Waals surface area contributed by atoms with E-state index in [1.165, 1.54) is 19.4 Å². The average Bonchev–Trinajstić information content (AvgIpc) is 2.26. The molecule has 2 heterocycles. The molecule has 1 atom stereocenters. The van der Waals surface area contributed by atoms with Gasteiger partial charge >= 0.3 is 0 Å². The van der Waals surface area contributed by atoms with E-state index in [2.05, 4.69) is 17.3 Å². The van der Waals surface area contributed by atoms with Crippen LogP contribution in [-0.2, 0) is 9.53 Å². The van der Waals surface area contributed by atoms with E-state index < -0.39 is 5.41 Å². The normalized spacial score (nSPS) is 28.5. The summed E-state index contributed by atoms with van der Waals surface area (Å²) in [7, 11) is 2.13. The van der Waals surface area contributed by atoms with Crippen molar-refractivity contribution in [2.24, 2.45) is 17.1 Å². The minimum absolute atomic E-state index is 0.0690. The lowest BCUT2D eigenvalue weighted by Crippen LogP contribution is -2.58. The van der Waals surface area contributed by atoms with Crippen LogP contribution in [-0.4, -0.2) is 57.2 Å². The molecule has 2 rings (SSSR count). The van der Waals surface area contributed by atoms with Gasteiger partial charge in [-0.15, -0.1) is 0 Å². The zero-order valence-corrected chi connectivity index (χ0v) is 10.6. The van der Waals surface area contributed by atoms with Crippen molar-refractivity contribution in [1.82, 2.24) is 10.2 Å². The van der Waals surface area contributed by atoms with Gasteiger partial charge in [-0.1, -0.05) is 0 Å². The van der Waals surface area contributed by atoms with Crippen LogP contribution in [0.5, 0.6) is 0 Å². The van der Waals surface area contributed by atoms with Gasteiger partial charge in [-0.3, -0.25) is 4.79 Å². The van der Waals surface area contributed by atoms with E-state index >= 15 is 0 Å². The van der Waals surface area contributed by atoms with Crippen LogP contribution in [0.15, 0.2) is 0 Å². The molecule has 5 nitrogen and oxygen atoms in total. The molecule has 0 radical (unpaired) electrons. The molecule has 0 spiro atoms. The van der Waals surface area contributed by atoms with E-state index in [9.17, 15) is 4.79 Å². The lowest BCUT2D eigenvalue weighted by atomic mass is 9.85. The first-order valence-electron chi connectivity index (χ1n) is 6.41. The predicted molar refractivity (Wildman–Crippen MR) is 65.5 cm³/mol. The number of hydrogen-bond acceptors (Lipinski definition) is 4. The quantitative estimate of drug-likeness (QED) is 0.691. The Kier molecular flexibility index (Phi) is 4.01. The SMILES string of the molecule is CN1CCCC(CNC(=O)C2(CN)COC2)C1. The molecule has 0 aromatic heterocycles. The van der Waals surface area contributed by atoms with Crippen molar-refractivity contribution in [3.8, 4) is 0 Å². The number of ether oxygens (including phenoxy) is 1. The van der Waals surface area contributed by atoms with Crippen molar-refractivity contribution in [2.45, 2.75) is 12.8 Å². The summed E-state index contributed by atoms with van der Waals surface area (Å²) in [6.45, 7) is 4.34. The molecule has 0 aromatic rings. The van der Waals surface area contributed by atoms with Crippen molar-refractivity contribution in [2.75, 3.05) is 46.4 Å². The van der Waals surface area contributed by atoms with Gasteiger partial charge in [-0.05, 0) is 32.4 Å². The summed E-state index contributed by atoms with van der Waals surface area (Å²) in [5.41, 5.74) is 5.21. The molecule has 2 saturated heterocycles. The molecular weight excluding hydrogens is 218 g/mol. The van der Waals surface area contributed by atoms with Crippen molar-refractivity contribution in [1.29, 1.82) is 0 Å². The zero-order chi connectivity index (χ0) is 12.3. The Hall–Kier alpha value is -0.650. The van der Waals surface area contributed by atoms with Gasteiger partial charge < -0.3 is 20.7 Å². The van der Waals surface area contributed by atoms with E-state index in [-0.39, 0.29) is 5.91 Å². The lowest BCUT2D eigenvalue weighted by molar-refractivity contribution is -0.159. The number of nitrogens with two attached hydrogens (primary N) is 1. The number of nitrogens with zero attached hydrogens (tertiary/aromatic N) is 1. The Morgan fingerprint density at radius 3 is 2.88 bits per heavy atom. The summed E-state index contributed by atoms with van der Waals surface area (Å²) in [6, 6.07) is 0. The smallest absolute Gasteiger partial charge is 0.232 e. The predicted octanol–water partition coefficient (Wildman–Crippen LogP) is -0.580. The van der Waals surface area contributed by atoms with Crippen LogP contribution in [0, 0.1) is 11.3 Å². The zero-order valence-electron chi connectivity index (χ0n) is 10.6. The van der Waals surface area contributed by atoms with Crippen molar-refractivity contribution >= 4 is 5.91 Å². The maximum atomic E-state index is 12.0. The first kappa shape index (κ1) is 12.8. The topological polar surface area (TPSA) is 67.6 Å². The number of piperidine rings is 1. The molecule has 0 bridgehead atoms. The van der Waals surface area contributed by atoms with Crippen LogP contribution in [0.4, 0.5) is 0 Å². The van der Waals surface area contributed by atoms with Gasteiger partial charge in [0.05, 0.1) is 13.2 Å². The molecule has 3 N–H and O–H groups in total. The van der Waals surface area contributed by atoms with Gasteiger partial charge in [0.25, 0.3) is 0 Å². The highest BCUT2D eigenvalue weighted by Crippen LogP contribution is 2.26. The fraction of sp³-hybridized carbons (Fsp3) is 0.917. The van der Waals surface area contributed by atoms with Crippen LogP contribution < -0.4 is 11.1 Å². The van der Waals surface area contributed by atoms with E-state index in [0.717, 1.165) is 13.1 Å². The van der Waals surface area contributed by atoms with Gasteiger partial charge in [0.2, 0.25) is 5.91 Å². The standard InChI is InChI=1S/C12H23N3O2/c1-15-4-2-3-10(6-15)5-14-11(16)12(7-13)8-17-9-12/h10H,2-9,13H2,1H3,(H,14,16).